The molecule has 5 nitrogen and oxygen atoms in total. The van der Waals surface area contributed by atoms with Crippen LogP contribution in [0.25, 0.3) is 0 Å². The zero-order valence-corrected chi connectivity index (χ0v) is 22.0. The van der Waals surface area contributed by atoms with E-state index in [1.165, 1.54) is 84.2 Å². The van der Waals surface area contributed by atoms with Crippen LogP contribution in [-0.2, 0) is 19.1 Å². The standard InChI is InChI=1S/C24H45NO4.Na.H/c1-3-4-5-6-7-8-9-10-11-12-13-14-15-16-17-18-21-29-23(26)20-19-22(25)24(27)28-2;;/h10-11,22H,3-9,12-21,25H2,1-2H3;;/q;+1;-1/b11-10-;;/t22-;;/m0../s1. The molecule has 0 spiro atoms. The van der Waals surface area contributed by atoms with Crippen LogP contribution in [0.1, 0.15) is 111 Å². The van der Waals surface area contributed by atoms with Crippen LogP contribution in [0.3, 0.4) is 0 Å². The van der Waals surface area contributed by atoms with Crippen molar-refractivity contribution in [1.29, 1.82) is 0 Å². The second-order valence-electron chi connectivity index (χ2n) is 7.83. The minimum Gasteiger partial charge on any atom is -1.00 e. The topological polar surface area (TPSA) is 78.6 Å². The molecule has 6 heteroatoms. The van der Waals surface area contributed by atoms with Gasteiger partial charge >= 0.3 is 41.5 Å². The van der Waals surface area contributed by atoms with Crippen LogP contribution in [-0.4, -0.2) is 31.7 Å². The smallest absolute Gasteiger partial charge is 1.00 e. The van der Waals surface area contributed by atoms with E-state index in [4.69, 9.17) is 10.5 Å². The number of rotatable bonds is 20. The quantitative estimate of drug-likeness (QED) is 0.138. The van der Waals surface area contributed by atoms with Crippen LogP contribution in [0.4, 0.5) is 0 Å². The van der Waals surface area contributed by atoms with Gasteiger partial charge in [-0.1, -0.05) is 76.9 Å². The summed E-state index contributed by atoms with van der Waals surface area (Å²) in [5.41, 5.74) is 5.58. The third kappa shape index (κ3) is 22.3. The maximum Gasteiger partial charge on any atom is 1.00 e. The average Bonchev–Trinajstić information content (AvgIpc) is 2.73. The van der Waals surface area contributed by atoms with Crippen LogP contribution in [0.5, 0.6) is 0 Å². The fraction of sp³-hybridized carbons (Fsp3) is 0.833. The minimum absolute atomic E-state index is 0. The van der Waals surface area contributed by atoms with Crippen molar-refractivity contribution in [3.05, 3.63) is 12.2 Å². The van der Waals surface area contributed by atoms with E-state index in [1.54, 1.807) is 0 Å². The molecule has 0 heterocycles. The molecule has 0 amide bonds. The molecule has 0 fully saturated rings. The first kappa shape index (κ1) is 31.8. The monoisotopic (exact) mass is 435 g/mol. The van der Waals surface area contributed by atoms with Gasteiger partial charge in [0.15, 0.2) is 0 Å². The molecule has 2 N–H and O–H groups in total. The first-order chi connectivity index (χ1) is 14.1. The average molecular weight is 436 g/mol. The number of carbonyl (C=O) groups excluding carboxylic acids is 2. The summed E-state index contributed by atoms with van der Waals surface area (Å²) in [6, 6.07) is -0.752. The second kappa shape index (κ2) is 24.9. The number of nitrogens with two attached hydrogens (primary N) is 1. The molecule has 0 aliphatic carbocycles. The molecule has 0 aromatic carbocycles. The molecule has 0 rings (SSSR count). The predicted molar refractivity (Wildman–Crippen MR) is 121 cm³/mol. The summed E-state index contributed by atoms with van der Waals surface area (Å²) >= 11 is 0. The second-order valence-corrected chi connectivity index (χ2v) is 7.83. The van der Waals surface area contributed by atoms with Gasteiger partial charge in [0.25, 0.3) is 0 Å². The molecule has 30 heavy (non-hydrogen) atoms. The number of allylic oxidation sites excluding steroid dienone is 2. The molecule has 0 saturated carbocycles. The van der Waals surface area contributed by atoms with Gasteiger partial charge in [0, 0.05) is 6.42 Å². The Bertz CT molecular complexity index is 436. The maximum absolute atomic E-state index is 11.6. The van der Waals surface area contributed by atoms with E-state index >= 15 is 0 Å². The van der Waals surface area contributed by atoms with Gasteiger partial charge in [0.2, 0.25) is 0 Å². The normalized spacial score (nSPS) is 11.8. The molecule has 172 valence electrons. The summed E-state index contributed by atoms with van der Waals surface area (Å²) in [5.74, 6) is -0.789. The van der Waals surface area contributed by atoms with Gasteiger partial charge < -0.3 is 16.6 Å². The van der Waals surface area contributed by atoms with E-state index in [2.05, 4.69) is 23.8 Å². The summed E-state index contributed by atoms with van der Waals surface area (Å²) in [6.45, 7) is 2.71. The van der Waals surface area contributed by atoms with E-state index in [9.17, 15) is 9.59 Å². The zero-order valence-electron chi connectivity index (χ0n) is 21.0. The van der Waals surface area contributed by atoms with Gasteiger partial charge in [-0.05, 0) is 38.5 Å². The molecule has 0 bridgehead atoms. The fourth-order valence-corrected chi connectivity index (χ4v) is 3.15. The Morgan fingerprint density at radius 2 is 1.37 bits per heavy atom. The van der Waals surface area contributed by atoms with Crippen molar-refractivity contribution in [2.75, 3.05) is 13.7 Å². The van der Waals surface area contributed by atoms with Crippen LogP contribution in [0.2, 0.25) is 0 Å². The van der Waals surface area contributed by atoms with Crippen molar-refractivity contribution >= 4 is 11.9 Å². The molecule has 0 aliphatic rings. The Labute approximate surface area is 208 Å². The van der Waals surface area contributed by atoms with Crippen molar-refractivity contribution in [3.63, 3.8) is 0 Å². The molecule has 0 radical (unpaired) electrons. The largest absolute Gasteiger partial charge is 1.00 e. The third-order valence-corrected chi connectivity index (χ3v) is 5.08. The number of esters is 2. The summed E-state index contributed by atoms with van der Waals surface area (Å²) in [5, 5.41) is 0. The van der Waals surface area contributed by atoms with Gasteiger partial charge in [-0.2, -0.15) is 0 Å². The Hall–Kier alpha value is -0.360. The summed E-state index contributed by atoms with van der Waals surface area (Å²) < 4.78 is 9.69. The van der Waals surface area contributed by atoms with Gasteiger partial charge in [-0.25, -0.2) is 0 Å². The minimum atomic E-state index is -0.752. The fourth-order valence-electron chi connectivity index (χ4n) is 3.15. The first-order valence-corrected chi connectivity index (χ1v) is 11.8. The van der Waals surface area contributed by atoms with E-state index in [0.29, 0.717) is 6.61 Å². The number of ether oxygens (including phenoxy) is 2. The van der Waals surface area contributed by atoms with Crippen molar-refractivity contribution < 1.29 is 50.0 Å². The van der Waals surface area contributed by atoms with E-state index in [1.807, 2.05) is 0 Å². The van der Waals surface area contributed by atoms with E-state index in [0.717, 1.165) is 12.8 Å². The summed E-state index contributed by atoms with van der Waals surface area (Å²) in [6.07, 6.45) is 22.7. The molecular formula is C24H46NNaO4. The van der Waals surface area contributed by atoms with Crippen molar-refractivity contribution in [3.8, 4) is 0 Å². The first-order valence-electron chi connectivity index (χ1n) is 11.8. The van der Waals surface area contributed by atoms with E-state index < -0.39 is 12.0 Å². The Morgan fingerprint density at radius 1 is 0.867 bits per heavy atom. The van der Waals surface area contributed by atoms with Gasteiger partial charge in [-0.15, -0.1) is 0 Å². The molecule has 0 aromatic rings. The molecule has 0 saturated heterocycles. The molecule has 1 atom stereocenters. The van der Waals surface area contributed by atoms with Crippen LogP contribution in [0.15, 0.2) is 12.2 Å². The predicted octanol–water partition coefficient (Wildman–Crippen LogP) is 2.96. The van der Waals surface area contributed by atoms with Gasteiger partial charge in [0.1, 0.15) is 6.04 Å². The van der Waals surface area contributed by atoms with Crippen LogP contribution < -0.4 is 35.3 Å². The van der Waals surface area contributed by atoms with Crippen LogP contribution >= 0.6 is 0 Å². The number of methoxy groups -OCH3 is 1. The summed E-state index contributed by atoms with van der Waals surface area (Å²) in [4.78, 5) is 22.7. The number of carbonyl (C=O) groups is 2. The number of hydrogen-bond donors (Lipinski definition) is 1. The number of unbranched alkanes of at least 4 members (excludes halogenated alkanes) is 12. The zero-order chi connectivity index (χ0) is 21.6. The Kier molecular flexibility index (Phi) is 26.4. The molecular weight excluding hydrogens is 389 g/mol. The summed E-state index contributed by atoms with van der Waals surface area (Å²) in [7, 11) is 1.29. The number of hydrogen-bond acceptors (Lipinski definition) is 5. The van der Waals surface area contributed by atoms with Crippen LogP contribution in [0, 0.1) is 0 Å². The van der Waals surface area contributed by atoms with Crippen molar-refractivity contribution in [2.45, 2.75) is 116 Å². The Balaban J connectivity index is -0.00000392. The van der Waals surface area contributed by atoms with Crippen molar-refractivity contribution in [2.24, 2.45) is 5.73 Å². The maximum atomic E-state index is 11.6. The van der Waals surface area contributed by atoms with E-state index in [-0.39, 0.29) is 49.8 Å². The van der Waals surface area contributed by atoms with Crippen molar-refractivity contribution in [1.82, 2.24) is 0 Å². The molecule has 0 unspecified atom stereocenters. The molecule has 0 aliphatic heterocycles. The Morgan fingerprint density at radius 3 is 1.90 bits per heavy atom. The molecule has 0 aromatic heterocycles. The third-order valence-electron chi connectivity index (χ3n) is 5.08. The van der Waals surface area contributed by atoms with Gasteiger partial charge in [-0.3, -0.25) is 9.59 Å². The van der Waals surface area contributed by atoms with Gasteiger partial charge in [0.05, 0.1) is 13.7 Å². The SMILES string of the molecule is CCCCCCCC/C=C\CCCCCCCCOC(=O)CC[C@H](N)C(=O)OC.[H-].[Na+].